The van der Waals surface area contributed by atoms with Crippen LogP contribution < -0.4 is 5.32 Å². The second-order valence-corrected chi connectivity index (χ2v) is 19.3. The maximum atomic E-state index is 12.9. The maximum absolute atomic E-state index is 12.9. The molecule has 0 spiro atoms. The molecule has 0 aromatic heterocycles. The van der Waals surface area contributed by atoms with E-state index >= 15 is 0 Å². The van der Waals surface area contributed by atoms with E-state index in [0.717, 1.165) is 38.5 Å². The summed E-state index contributed by atoms with van der Waals surface area (Å²) in [5.41, 5.74) is 0. The molecule has 0 aliphatic heterocycles. The summed E-state index contributed by atoms with van der Waals surface area (Å²) < 4.78 is 23.6. The molecule has 0 aliphatic carbocycles. The minimum absolute atomic E-state index is 0.0645. The molecule has 0 heterocycles. The quantitative estimate of drug-likeness (QED) is 0.0245. The van der Waals surface area contributed by atoms with Crippen molar-refractivity contribution < 1.29 is 32.9 Å². The number of aliphatic hydroxyl groups is 1. The van der Waals surface area contributed by atoms with Gasteiger partial charge in [0.2, 0.25) is 5.91 Å². The number of phosphoric acid groups is 1. The number of nitrogens with zero attached hydrogens (tertiary/aromatic N) is 1. The maximum Gasteiger partial charge on any atom is 0.472 e. The summed E-state index contributed by atoms with van der Waals surface area (Å²) >= 11 is 0. The number of quaternary nitrogens is 1. The van der Waals surface area contributed by atoms with Gasteiger partial charge in [0.15, 0.2) is 0 Å². The van der Waals surface area contributed by atoms with Gasteiger partial charge in [0, 0.05) is 6.42 Å². The van der Waals surface area contributed by atoms with Crippen LogP contribution in [0.25, 0.3) is 0 Å². The number of rotatable bonds is 44. The standard InChI is InChI=1S/C47H95N2O6P/c1-6-8-10-12-14-16-18-19-20-21-22-23-24-25-26-27-28-29-31-33-35-37-39-41-47(51)48-45(44-55-56(52,53)54-43-42-49(3,4)5)46(50)40-38-36-34-32-30-17-15-13-11-9-7-2/h38,40,45-46,50H,6-37,39,41-44H2,1-5H3,(H-,48,51,52,53)/p+1/b40-38+/t45-,46+/m0/s1. The van der Waals surface area contributed by atoms with E-state index < -0.39 is 20.0 Å². The van der Waals surface area contributed by atoms with E-state index in [4.69, 9.17) is 9.05 Å². The number of nitrogens with one attached hydrogen (secondary N) is 1. The van der Waals surface area contributed by atoms with Crippen LogP contribution in [0.5, 0.6) is 0 Å². The van der Waals surface area contributed by atoms with Crippen molar-refractivity contribution in [1.82, 2.24) is 5.32 Å². The van der Waals surface area contributed by atoms with Gasteiger partial charge in [-0.3, -0.25) is 13.8 Å². The first-order chi connectivity index (χ1) is 27.0. The molecule has 56 heavy (non-hydrogen) atoms. The zero-order valence-corrected chi connectivity index (χ0v) is 38.8. The van der Waals surface area contributed by atoms with E-state index in [1.165, 1.54) is 173 Å². The predicted molar refractivity (Wildman–Crippen MR) is 240 cm³/mol. The lowest BCUT2D eigenvalue weighted by atomic mass is 10.0. The van der Waals surface area contributed by atoms with Crippen molar-refractivity contribution >= 4 is 13.7 Å². The third-order valence-electron chi connectivity index (χ3n) is 11.0. The molecule has 334 valence electrons. The van der Waals surface area contributed by atoms with Crippen LogP contribution in [0.4, 0.5) is 0 Å². The molecular weight excluding hydrogens is 719 g/mol. The summed E-state index contributed by atoms with van der Waals surface area (Å²) in [7, 11) is 1.58. The third-order valence-corrected chi connectivity index (χ3v) is 12.0. The molecule has 0 rings (SSSR count). The highest BCUT2D eigenvalue weighted by molar-refractivity contribution is 7.47. The lowest BCUT2D eigenvalue weighted by Crippen LogP contribution is -2.45. The van der Waals surface area contributed by atoms with Crippen molar-refractivity contribution in [2.45, 2.75) is 244 Å². The average molecular weight is 816 g/mol. The fourth-order valence-corrected chi connectivity index (χ4v) is 7.90. The first-order valence-electron chi connectivity index (χ1n) is 24.1. The lowest BCUT2D eigenvalue weighted by molar-refractivity contribution is -0.870. The van der Waals surface area contributed by atoms with Gasteiger partial charge in [-0.1, -0.05) is 219 Å². The number of carbonyl (C=O) groups excluding carboxylic acids is 1. The Kier molecular flexibility index (Phi) is 39.1. The molecule has 0 radical (unpaired) electrons. The Balaban J connectivity index is 4.18. The van der Waals surface area contributed by atoms with Crippen LogP contribution >= 0.6 is 7.82 Å². The number of allylic oxidation sites excluding steroid dienone is 1. The third kappa shape index (κ3) is 41.4. The SMILES string of the molecule is CCCCCCCCCCC/C=C/[C@@H](O)[C@H](COP(=O)(O)OCC[N+](C)(C)C)NC(=O)CCCCCCCCCCCCCCCCCCCCCCCCC. The molecule has 0 aromatic rings. The van der Waals surface area contributed by atoms with Crippen molar-refractivity contribution in [2.24, 2.45) is 0 Å². The molecule has 1 amide bonds. The number of phosphoric ester groups is 1. The highest BCUT2D eigenvalue weighted by Crippen LogP contribution is 2.43. The minimum Gasteiger partial charge on any atom is -0.387 e. The van der Waals surface area contributed by atoms with Crippen LogP contribution in [-0.2, 0) is 18.4 Å². The number of hydrogen-bond donors (Lipinski definition) is 3. The number of unbranched alkanes of at least 4 members (excludes halogenated alkanes) is 31. The smallest absolute Gasteiger partial charge is 0.387 e. The molecular formula is C47H96N2O6P+. The van der Waals surface area contributed by atoms with Crippen LogP contribution in [0.2, 0.25) is 0 Å². The van der Waals surface area contributed by atoms with Gasteiger partial charge in [-0.05, 0) is 19.3 Å². The Morgan fingerprint density at radius 3 is 1.32 bits per heavy atom. The number of likely N-dealkylation sites (N-methyl/N-ethyl adjacent to an activating group) is 1. The van der Waals surface area contributed by atoms with Gasteiger partial charge in [-0.2, -0.15) is 0 Å². The van der Waals surface area contributed by atoms with Crippen LogP contribution in [0.3, 0.4) is 0 Å². The van der Waals surface area contributed by atoms with Crippen LogP contribution in [0.15, 0.2) is 12.2 Å². The zero-order chi connectivity index (χ0) is 41.4. The van der Waals surface area contributed by atoms with Crippen molar-refractivity contribution in [3.63, 3.8) is 0 Å². The minimum atomic E-state index is -4.33. The normalized spacial score (nSPS) is 14.3. The summed E-state index contributed by atoms with van der Waals surface area (Å²) in [4.78, 5) is 23.1. The first kappa shape index (κ1) is 55.2. The largest absolute Gasteiger partial charge is 0.472 e. The molecule has 3 atom stereocenters. The molecule has 9 heteroatoms. The Morgan fingerprint density at radius 1 is 0.589 bits per heavy atom. The zero-order valence-electron chi connectivity index (χ0n) is 37.9. The summed E-state index contributed by atoms with van der Waals surface area (Å²) in [5, 5.41) is 13.8. The van der Waals surface area contributed by atoms with Gasteiger partial charge in [-0.25, -0.2) is 4.57 Å². The topological polar surface area (TPSA) is 105 Å². The second-order valence-electron chi connectivity index (χ2n) is 17.8. The molecule has 1 unspecified atom stereocenters. The molecule has 0 saturated heterocycles. The van der Waals surface area contributed by atoms with Gasteiger partial charge in [0.25, 0.3) is 0 Å². The molecule has 0 aromatic carbocycles. The van der Waals surface area contributed by atoms with E-state index in [-0.39, 0.29) is 19.1 Å². The van der Waals surface area contributed by atoms with Crippen LogP contribution in [0.1, 0.15) is 232 Å². The lowest BCUT2D eigenvalue weighted by Gasteiger charge is -2.25. The van der Waals surface area contributed by atoms with E-state index in [1.54, 1.807) is 6.08 Å². The average Bonchev–Trinajstić information content (AvgIpc) is 3.15. The Labute approximate surface area is 348 Å². The fourth-order valence-electron chi connectivity index (χ4n) is 7.16. The predicted octanol–water partition coefficient (Wildman–Crippen LogP) is 13.5. The van der Waals surface area contributed by atoms with E-state index in [0.29, 0.717) is 17.4 Å². The van der Waals surface area contributed by atoms with Gasteiger partial charge >= 0.3 is 7.82 Å². The molecule has 0 fully saturated rings. The molecule has 8 nitrogen and oxygen atoms in total. The highest BCUT2D eigenvalue weighted by atomic mass is 31.2. The van der Waals surface area contributed by atoms with E-state index in [1.807, 2.05) is 27.2 Å². The van der Waals surface area contributed by atoms with Crippen molar-refractivity contribution in [3.05, 3.63) is 12.2 Å². The number of amides is 1. The summed E-state index contributed by atoms with van der Waals surface area (Å²) in [6.07, 6.45) is 45.8. The Morgan fingerprint density at radius 2 is 0.946 bits per heavy atom. The Hall–Kier alpha value is -0.760. The fraction of sp³-hybridized carbons (Fsp3) is 0.936. The molecule has 0 saturated carbocycles. The van der Waals surface area contributed by atoms with Crippen LogP contribution in [0, 0.1) is 0 Å². The Bertz CT molecular complexity index is 927. The first-order valence-corrected chi connectivity index (χ1v) is 25.6. The summed E-state index contributed by atoms with van der Waals surface area (Å²) in [6.45, 7) is 4.82. The summed E-state index contributed by atoms with van der Waals surface area (Å²) in [6, 6.07) is -0.839. The molecule has 0 aliphatic rings. The van der Waals surface area contributed by atoms with Gasteiger partial charge < -0.3 is 19.8 Å². The van der Waals surface area contributed by atoms with Crippen molar-refractivity contribution in [1.29, 1.82) is 0 Å². The number of carbonyl (C=O) groups is 1. The number of hydrogen-bond acceptors (Lipinski definition) is 5. The van der Waals surface area contributed by atoms with Gasteiger partial charge in [0.05, 0.1) is 39.9 Å². The van der Waals surface area contributed by atoms with Gasteiger partial charge in [-0.15, -0.1) is 0 Å². The van der Waals surface area contributed by atoms with Gasteiger partial charge in [0.1, 0.15) is 13.2 Å². The number of aliphatic hydroxyl groups excluding tert-OH is 1. The van der Waals surface area contributed by atoms with E-state index in [9.17, 15) is 19.4 Å². The summed E-state index contributed by atoms with van der Waals surface area (Å²) in [5.74, 6) is -0.174. The second kappa shape index (κ2) is 39.7. The van der Waals surface area contributed by atoms with Crippen molar-refractivity contribution in [3.8, 4) is 0 Å². The molecule has 0 bridgehead atoms. The van der Waals surface area contributed by atoms with Crippen molar-refractivity contribution in [2.75, 3.05) is 40.9 Å². The highest BCUT2D eigenvalue weighted by Gasteiger charge is 2.27. The monoisotopic (exact) mass is 816 g/mol. The van der Waals surface area contributed by atoms with E-state index in [2.05, 4.69) is 19.2 Å². The van der Waals surface area contributed by atoms with Crippen LogP contribution in [-0.4, -0.2) is 73.4 Å². The molecule has 3 N–H and O–H groups in total.